The molecule has 0 radical (unpaired) electrons. The maximum Gasteiger partial charge on any atom is 0.348 e. The Bertz CT molecular complexity index is 934. The molecule has 31 heavy (non-hydrogen) atoms. The van der Waals surface area contributed by atoms with E-state index in [4.69, 9.17) is 9.47 Å². The van der Waals surface area contributed by atoms with Crippen LogP contribution in [0.1, 0.15) is 20.8 Å². The topological polar surface area (TPSA) is 139 Å². The number of para-hydroxylation sites is 2. The summed E-state index contributed by atoms with van der Waals surface area (Å²) in [6.07, 6.45) is 1.12. The zero-order chi connectivity index (χ0) is 22.9. The van der Waals surface area contributed by atoms with Gasteiger partial charge in [-0.3, -0.25) is 5.84 Å². The first-order chi connectivity index (χ1) is 14.7. The molecule has 0 unspecified atom stereocenters. The molecule has 9 nitrogen and oxygen atoms in total. The van der Waals surface area contributed by atoms with E-state index in [1.54, 1.807) is 6.92 Å². The lowest BCUT2D eigenvalue weighted by Gasteiger charge is -2.31. The molecule has 0 saturated carbocycles. The smallest absolute Gasteiger partial charge is 0.348 e. The van der Waals surface area contributed by atoms with Crippen LogP contribution in [0, 0.1) is 0 Å². The Kier molecular flexibility index (Phi) is 8.04. The molecule has 1 saturated heterocycles. The molecule has 0 spiro atoms. The van der Waals surface area contributed by atoms with Gasteiger partial charge in [-0.05, 0) is 37.3 Å². The first kappa shape index (κ1) is 23.3. The molecule has 0 atom stereocenters. The number of rotatable bonds is 5. The van der Waals surface area contributed by atoms with Crippen molar-refractivity contribution in [1.82, 2.24) is 5.43 Å². The predicted molar refractivity (Wildman–Crippen MR) is 113 cm³/mol. The van der Waals surface area contributed by atoms with E-state index in [0.717, 1.165) is 17.5 Å². The Morgan fingerprint density at radius 3 is 1.87 bits per heavy atom. The minimum atomic E-state index is -1.37. The number of esters is 2. The number of benzene rings is 2. The summed E-state index contributed by atoms with van der Waals surface area (Å²) in [7, 11) is 0. The number of ether oxygens (including phenoxy) is 2. The minimum absolute atomic E-state index is 0.414. The van der Waals surface area contributed by atoms with Crippen molar-refractivity contribution in [3.63, 3.8) is 0 Å². The van der Waals surface area contributed by atoms with Crippen LogP contribution < -0.4 is 27.2 Å². The van der Waals surface area contributed by atoms with Gasteiger partial charge in [-0.1, -0.05) is 42.2 Å². The fourth-order valence-electron chi connectivity index (χ4n) is 2.41. The van der Waals surface area contributed by atoms with Crippen LogP contribution in [0.25, 0.3) is 0 Å². The fraction of sp³-hybridized carbons (Fsp3) is 0.182. The Labute approximate surface area is 180 Å². The quantitative estimate of drug-likeness (QED) is 0.184. The predicted octanol–water partition coefficient (Wildman–Crippen LogP) is 1.21. The molecule has 1 aliphatic heterocycles. The monoisotopic (exact) mass is 426 g/mol. The summed E-state index contributed by atoms with van der Waals surface area (Å²) in [6.45, 7) is 4.44. The standard InChI is InChI=1S/C16H18N2O5.C6H8N2/c1-10(17-18-11-7-5-4-6-8-11)9-12(19)13-14(20)22-16(2,3)23-15(13)21;7-8-6-4-2-1-3-5-6/h4-9,17-19H,1-3H3;1-5,8H,7H2/b10-9-;. The van der Waals surface area contributed by atoms with Crippen molar-refractivity contribution in [1.29, 1.82) is 0 Å². The number of anilines is 2. The van der Waals surface area contributed by atoms with Crippen molar-refractivity contribution >= 4 is 23.3 Å². The molecule has 2 aromatic carbocycles. The van der Waals surface area contributed by atoms with Gasteiger partial charge in [-0.25, -0.2) is 15.0 Å². The van der Waals surface area contributed by atoms with Gasteiger partial charge in [-0.15, -0.1) is 0 Å². The lowest BCUT2D eigenvalue weighted by atomic mass is 10.1. The highest BCUT2D eigenvalue weighted by atomic mass is 16.7. The van der Waals surface area contributed by atoms with E-state index >= 15 is 0 Å². The highest BCUT2D eigenvalue weighted by Gasteiger charge is 2.39. The summed E-state index contributed by atoms with van der Waals surface area (Å²) in [4.78, 5) is 23.6. The van der Waals surface area contributed by atoms with E-state index in [1.807, 2.05) is 60.7 Å². The third kappa shape index (κ3) is 7.41. The number of nitrogens with one attached hydrogen (secondary N) is 3. The minimum Gasteiger partial charge on any atom is -0.872 e. The molecule has 164 valence electrons. The highest BCUT2D eigenvalue weighted by molar-refractivity contribution is 6.16. The molecule has 2 aromatic rings. The first-order valence-corrected chi connectivity index (χ1v) is 9.43. The molecule has 0 bridgehead atoms. The van der Waals surface area contributed by atoms with E-state index in [2.05, 4.69) is 22.1 Å². The zero-order valence-electron chi connectivity index (χ0n) is 17.6. The molecule has 0 aromatic heterocycles. The van der Waals surface area contributed by atoms with Gasteiger partial charge in [0.05, 0.1) is 11.4 Å². The Morgan fingerprint density at radius 1 is 0.935 bits per heavy atom. The van der Waals surface area contributed by atoms with E-state index in [9.17, 15) is 14.7 Å². The van der Waals surface area contributed by atoms with Crippen LogP contribution in [0.15, 0.2) is 83.8 Å². The van der Waals surface area contributed by atoms with Crippen LogP contribution in [0.2, 0.25) is 0 Å². The summed E-state index contributed by atoms with van der Waals surface area (Å²) < 4.78 is 9.77. The molecule has 1 heterocycles. The van der Waals surface area contributed by atoms with Crippen molar-refractivity contribution in [3.8, 4) is 0 Å². The van der Waals surface area contributed by atoms with E-state index in [-0.39, 0.29) is 0 Å². The maximum atomic E-state index is 12.1. The number of carbonyl (C=O) groups excluding carboxylic acids is 2. The molecule has 0 aliphatic carbocycles. The molecular formula is C22H26N4O5. The average Bonchev–Trinajstić information content (AvgIpc) is 2.72. The fourth-order valence-corrected chi connectivity index (χ4v) is 2.41. The molecule has 9 heteroatoms. The number of carbonyl (C=O) groups is 2. The molecule has 3 rings (SSSR count). The van der Waals surface area contributed by atoms with Gasteiger partial charge in [0.25, 0.3) is 5.79 Å². The van der Waals surface area contributed by atoms with Gasteiger partial charge >= 0.3 is 11.9 Å². The number of cyclic esters (lactones) is 2. The number of hydrogen-bond donors (Lipinski definition) is 4. The highest BCUT2D eigenvalue weighted by Crippen LogP contribution is 2.23. The van der Waals surface area contributed by atoms with Crippen LogP contribution in [-0.2, 0) is 19.1 Å². The van der Waals surface area contributed by atoms with Crippen molar-refractivity contribution in [2.45, 2.75) is 26.6 Å². The van der Waals surface area contributed by atoms with E-state index in [0.29, 0.717) is 5.70 Å². The summed E-state index contributed by atoms with van der Waals surface area (Å²) in [5, 5.41) is 12.1. The summed E-state index contributed by atoms with van der Waals surface area (Å²) in [6, 6.07) is 19.1. The van der Waals surface area contributed by atoms with Crippen LogP contribution in [0.3, 0.4) is 0 Å². The second kappa shape index (κ2) is 10.7. The lowest BCUT2D eigenvalue weighted by Crippen LogP contribution is -2.56. The number of hydrogen-bond acceptors (Lipinski definition) is 8. The van der Waals surface area contributed by atoms with Crippen molar-refractivity contribution in [2.75, 3.05) is 10.9 Å². The maximum absolute atomic E-state index is 12.1. The summed E-state index contributed by atoms with van der Waals surface area (Å²) in [5.74, 6) is -0.626. The van der Waals surface area contributed by atoms with Crippen LogP contribution in [0.5, 0.6) is 0 Å². The molecule has 0 amide bonds. The number of allylic oxidation sites excluding steroid dienone is 2. The average molecular weight is 426 g/mol. The third-order valence-electron chi connectivity index (χ3n) is 3.83. The van der Waals surface area contributed by atoms with Gasteiger partial charge in [0.15, 0.2) is 0 Å². The molecule has 1 fully saturated rings. The normalized spacial score (nSPS) is 15.0. The van der Waals surface area contributed by atoms with Gasteiger partial charge in [0, 0.05) is 19.5 Å². The summed E-state index contributed by atoms with van der Waals surface area (Å²) >= 11 is 0. The number of hydrazine groups is 1. The van der Waals surface area contributed by atoms with E-state index in [1.165, 1.54) is 13.8 Å². The zero-order valence-corrected chi connectivity index (χ0v) is 17.6. The molecular weight excluding hydrogens is 400 g/mol. The first-order valence-electron chi connectivity index (χ1n) is 9.43. The second-order valence-corrected chi connectivity index (χ2v) is 6.90. The van der Waals surface area contributed by atoms with Crippen molar-refractivity contribution in [3.05, 3.63) is 83.8 Å². The Morgan fingerprint density at radius 2 is 1.42 bits per heavy atom. The van der Waals surface area contributed by atoms with Gasteiger partial charge < -0.3 is 25.4 Å². The largest absolute Gasteiger partial charge is 0.872 e. The molecule has 1 aliphatic rings. The molecule has 6 N–H and O–H groups in total. The Balaban J connectivity index is 0.000000357. The van der Waals surface area contributed by atoms with Gasteiger partial charge in [-0.2, -0.15) is 0 Å². The van der Waals surface area contributed by atoms with Crippen LogP contribution >= 0.6 is 0 Å². The third-order valence-corrected chi connectivity index (χ3v) is 3.83. The Hall–Kier alpha value is -3.98. The van der Waals surface area contributed by atoms with Gasteiger partial charge in [0.2, 0.25) is 0 Å². The van der Waals surface area contributed by atoms with Crippen LogP contribution in [-0.4, -0.2) is 17.7 Å². The van der Waals surface area contributed by atoms with E-state index < -0.39 is 29.1 Å². The van der Waals surface area contributed by atoms with Crippen molar-refractivity contribution < 1.29 is 30.0 Å². The second-order valence-electron chi connectivity index (χ2n) is 6.90. The summed E-state index contributed by atoms with van der Waals surface area (Å²) in [5.41, 5.74) is 10.0. The van der Waals surface area contributed by atoms with Crippen molar-refractivity contribution in [2.24, 2.45) is 0 Å². The lowest BCUT2D eigenvalue weighted by molar-refractivity contribution is -0.325. The number of quaternary nitrogens is 1. The van der Waals surface area contributed by atoms with Gasteiger partial charge in [0.1, 0.15) is 5.57 Å². The SMILES string of the molecule is C/C(=C/C([O-])=C1C(=O)OC(C)(C)OC1=O)NNc1ccccc1.[NH3+]Nc1ccccc1. The van der Waals surface area contributed by atoms with Crippen LogP contribution in [0.4, 0.5) is 11.4 Å².